The monoisotopic (exact) mass is 246 g/mol. The van der Waals surface area contributed by atoms with Crippen molar-refractivity contribution in [3.63, 3.8) is 0 Å². The maximum atomic E-state index is 12.0. The first kappa shape index (κ1) is 11.9. The van der Waals surface area contributed by atoms with Crippen LogP contribution in [0.3, 0.4) is 0 Å². The minimum Gasteiger partial charge on any atom is -0.294 e. The predicted molar refractivity (Wildman–Crippen MR) is 68.6 cm³/mol. The molecule has 2 aromatic rings. The fourth-order valence-corrected chi connectivity index (χ4v) is 2.49. The van der Waals surface area contributed by atoms with E-state index in [1.807, 2.05) is 26.8 Å². The number of nitrogens with zero attached hydrogens (tertiary/aromatic N) is 2. The lowest BCUT2D eigenvalue weighted by Gasteiger charge is -1.99. The van der Waals surface area contributed by atoms with Crippen molar-refractivity contribution in [3.8, 4) is 0 Å². The van der Waals surface area contributed by atoms with Gasteiger partial charge in [0.25, 0.3) is 0 Å². The summed E-state index contributed by atoms with van der Waals surface area (Å²) in [6.07, 6.45) is 3.72. The molecular formula is C13H14N2OS. The molecule has 0 saturated heterocycles. The number of rotatable bonds is 3. The Balaban J connectivity index is 2.17. The van der Waals surface area contributed by atoms with E-state index in [0.29, 0.717) is 12.0 Å². The van der Waals surface area contributed by atoms with Crippen LogP contribution in [-0.4, -0.2) is 15.8 Å². The zero-order valence-electron chi connectivity index (χ0n) is 10.2. The second-order valence-corrected chi connectivity index (χ2v) is 5.39. The van der Waals surface area contributed by atoms with Gasteiger partial charge in [0.1, 0.15) is 5.01 Å². The average Bonchev–Trinajstić information content (AvgIpc) is 2.58. The highest BCUT2D eigenvalue weighted by Gasteiger charge is 2.11. The Kier molecular flexibility index (Phi) is 3.33. The SMILES string of the molecule is Cc1cncc(C(=O)Cc2nc(C)c(C)s2)c1. The minimum absolute atomic E-state index is 0.0787. The second kappa shape index (κ2) is 4.75. The van der Waals surface area contributed by atoms with E-state index >= 15 is 0 Å². The molecule has 0 aliphatic rings. The lowest BCUT2D eigenvalue weighted by molar-refractivity contribution is 0.0992. The van der Waals surface area contributed by atoms with Gasteiger partial charge in [0, 0.05) is 22.8 Å². The van der Waals surface area contributed by atoms with Gasteiger partial charge in [0.2, 0.25) is 0 Å². The number of thiazole rings is 1. The molecule has 0 spiro atoms. The summed E-state index contributed by atoms with van der Waals surface area (Å²) in [5.74, 6) is 0.0787. The van der Waals surface area contributed by atoms with Crippen LogP contribution in [-0.2, 0) is 6.42 Å². The number of carbonyl (C=O) groups excluding carboxylic acids is 1. The third-order valence-electron chi connectivity index (χ3n) is 2.58. The van der Waals surface area contributed by atoms with Crippen LogP contribution in [0.15, 0.2) is 18.5 Å². The summed E-state index contributed by atoms with van der Waals surface area (Å²) in [7, 11) is 0. The number of Topliss-reactive ketones (excluding diaryl/α,β-unsaturated/α-hetero) is 1. The van der Waals surface area contributed by atoms with Crippen LogP contribution in [0.4, 0.5) is 0 Å². The third kappa shape index (κ3) is 2.77. The average molecular weight is 246 g/mol. The topological polar surface area (TPSA) is 42.9 Å². The van der Waals surface area contributed by atoms with Crippen LogP contribution in [0.2, 0.25) is 0 Å². The fraction of sp³-hybridized carbons (Fsp3) is 0.308. The predicted octanol–water partition coefficient (Wildman–Crippen LogP) is 2.89. The Morgan fingerprint density at radius 2 is 2.06 bits per heavy atom. The normalized spacial score (nSPS) is 10.5. The van der Waals surface area contributed by atoms with Crippen LogP contribution in [0, 0.1) is 20.8 Å². The van der Waals surface area contributed by atoms with Gasteiger partial charge in [-0.05, 0) is 32.4 Å². The lowest BCUT2D eigenvalue weighted by Crippen LogP contribution is -2.04. The first-order chi connectivity index (χ1) is 8.06. The van der Waals surface area contributed by atoms with Crippen molar-refractivity contribution >= 4 is 17.1 Å². The van der Waals surface area contributed by atoms with E-state index in [0.717, 1.165) is 16.3 Å². The number of aryl methyl sites for hydroxylation is 3. The lowest BCUT2D eigenvalue weighted by atomic mass is 10.1. The summed E-state index contributed by atoms with van der Waals surface area (Å²) in [4.78, 5) is 21.6. The third-order valence-corrected chi connectivity index (χ3v) is 3.65. The van der Waals surface area contributed by atoms with Crippen LogP contribution < -0.4 is 0 Å². The van der Waals surface area contributed by atoms with E-state index in [2.05, 4.69) is 9.97 Å². The molecule has 0 atom stereocenters. The summed E-state index contributed by atoms with van der Waals surface area (Å²) in [5, 5.41) is 0.881. The standard InChI is InChI=1S/C13H14N2OS/c1-8-4-11(7-14-6-8)12(16)5-13-15-9(2)10(3)17-13/h4,6-7H,5H2,1-3H3. The van der Waals surface area contributed by atoms with Gasteiger partial charge in [-0.15, -0.1) is 11.3 Å². The number of aromatic nitrogens is 2. The quantitative estimate of drug-likeness (QED) is 0.782. The molecule has 4 heteroatoms. The highest BCUT2D eigenvalue weighted by atomic mass is 32.1. The Morgan fingerprint density at radius 1 is 1.29 bits per heavy atom. The van der Waals surface area contributed by atoms with Gasteiger partial charge < -0.3 is 0 Å². The van der Waals surface area contributed by atoms with Crippen molar-refractivity contribution in [3.05, 3.63) is 45.2 Å². The fourth-order valence-electron chi connectivity index (χ4n) is 1.56. The van der Waals surface area contributed by atoms with Crippen LogP contribution in [0.25, 0.3) is 0 Å². The van der Waals surface area contributed by atoms with Gasteiger partial charge in [0.15, 0.2) is 5.78 Å². The Bertz CT molecular complexity index is 541. The molecule has 0 aliphatic carbocycles. The largest absolute Gasteiger partial charge is 0.294 e. The zero-order valence-corrected chi connectivity index (χ0v) is 11.0. The maximum absolute atomic E-state index is 12.0. The summed E-state index contributed by atoms with van der Waals surface area (Å²) >= 11 is 1.59. The van der Waals surface area contributed by atoms with Gasteiger partial charge in [-0.2, -0.15) is 0 Å². The maximum Gasteiger partial charge on any atom is 0.171 e. The van der Waals surface area contributed by atoms with E-state index < -0.39 is 0 Å². The number of hydrogen-bond acceptors (Lipinski definition) is 4. The van der Waals surface area contributed by atoms with Gasteiger partial charge >= 0.3 is 0 Å². The molecule has 0 bridgehead atoms. The Labute approximate surface area is 105 Å². The molecule has 0 N–H and O–H groups in total. The highest BCUT2D eigenvalue weighted by Crippen LogP contribution is 2.18. The summed E-state index contributed by atoms with van der Waals surface area (Å²) < 4.78 is 0. The van der Waals surface area contributed by atoms with E-state index in [4.69, 9.17) is 0 Å². The molecule has 88 valence electrons. The number of pyridine rings is 1. The summed E-state index contributed by atoms with van der Waals surface area (Å²) in [6.45, 7) is 5.92. The van der Waals surface area contributed by atoms with Crippen LogP contribution in [0.1, 0.15) is 31.5 Å². The number of ketones is 1. The van der Waals surface area contributed by atoms with E-state index in [1.54, 1.807) is 23.7 Å². The molecule has 0 saturated carbocycles. The molecule has 2 heterocycles. The molecular weight excluding hydrogens is 232 g/mol. The molecule has 3 nitrogen and oxygen atoms in total. The van der Waals surface area contributed by atoms with Crippen LogP contribution in [0.5, 0.6) is 0 Å². The van der Waals surface area contributed by atoms with Crippen molar-refractivity contribution in [2.75, 3.05) is 0 Å². The van der Waals surface area contributed by atoms with Gasteiger partial charge in [-0.1, -0.05) is 0 Å². The first-order valence-electron chi connectivity index (χ1n) is 5.44. The van der Waals surface area contributed by atoms with Crippen molar-refractivity contribution in [1.82, 2.24) is 9.97 Å². The molecule has 0 unspecified atom stereocenters. The van der Waals surface area contributed by atoms with Crippen LogP contribution >= 0.6 is 11.3 Å². The molecule has 17 heavy (non-hydrogen) atoms. The number of hydrogen-bond donors (Lipinski definition) is 0. The van der Waals surface area contributed by atoms with E-state index in [9.17, 15) is 4.79 Å². The van der Waals surface area contributed by atoms with Crippen molar-refractivity contribution in [1.29, 1.82) is 0 Å². The Morgan fingerprint density at radius 3 is 2.65 bits per heavy atom. The second-order valence-electron chi connectivity index (χ2n) is 4.10. The minimum atomic E-state index is 0.0787. The van der Waals surface area contributed by atoms with Crippen molar-refractivity contribution < 1.29 is 4.79 Å². The first-order valence-corrected chi connectivity index (χ1v) is 6.25. The van der Waals surface area contributed by atoms with Crippen molar-refractivity contribution in [2.24, 2.45) is 0 Å². The van der Waals surface area contributed by atoms with Gasteiger partial charge in [-0.3, -0.25) is 9.78 Å². The van der Waals surface area contributed by atoms with Crippen molar-refractivity contribution in [2.45, 2.75) is 27.2 Å². The smallest absolute Gasteiger partial charge is 0.171 e. The molecule has 2 aromatic heterocycles. The van der Waals surface area contributed by atoms with E-state index in [1.165, 1.54) is 4.88 Å². The number of carbonyl (C=O) groups is 1. The summed E-state index contributed by atoms with van der Waals surface area (Å²) in [5.41, 5.74) is 2.68. The Hall–Kier alpha value is -1.55. The molecule has 0 amide bonds. The molecule has 0 radical (unpaired) electrons. The molecule has 0 aliphatic heterocycles. The van der Waals surface area contributed by atoms with Gasteiger partial charge in [-0.25, -0.2) is 4.98 Å². The molecule has 0 aromatic carbocycles. The highest BCUT2D eigenvalue weighted by molar-refractivity contribution is 7.11. The molecule has 0 fully saturated rings. The summed E-state index contributed by atoms with van der Waals surface area (Å²) in [6, 6.07) is 1.86. The zero-order chi connectivity index (χ0) is 12.4. The van der Waals surface area contributed by atoms with E-state index in [-0.39, 0.29) is 5.78 Å². The molecule has 2 rings (SSSR count). The van der Waals surface area contributed by atoms with Gasteiger partial charge in [0.05, 0.1) is 12.1 Å².